The van der Waals surface area contributed by atoms with Crippen molar-refractivity contribution < 1.29 is 0 Å². The number of rotatable bonds is 4. The molecular formula is C17H28N2. The van der Waals surface area contributed by atoms with E-state index in [4.69, 9.17) is 5.73 Å². The van der Waals surface area contributed by atoms with E-state index in [9.17, 15) is 0 Å². The number of nitrogens with two attached hydrogens (primary N) is 1. The summed E-state index contributed by atoms with van der Waals surface area (Å²) < 4.78 is 0. The predicted octanol–water partition coefficient (Wildman–Crippen LogP) is 3.79. The van der Waals surface area contributed by atoms with Gasteiger partial charge in [-0.1, -0.05) is 37.0 Å². The third-order valence-corrected chi connectivity index (χ3v) is 4.56. The molecule has 0 aliphatic heterocycles. The molecule has 1 aromatic carbocycles. The van der Waals surface area contributed by atoms with Gasteiger partial charge in [0, 0.05) is 24.8 Å². The standard InChI is InChI=1S/C17H28N2/c1-14-7-8-16(15(2)13-14)19(3)12-11-17(18)9-5-4-6-10-17/h7-8,13H,4-6,9-12,18H2,1-3H3. The number of anilines is 1. The first-order valence-electron chi connectivity index (χ1n) is 7.57. The molecule has 0 heterocycles. The Balaban J connectivity index is 1.95. The van der Waals surface area contributed by atoms with Gasteiger partial charge in [0.2, 0.25) is 0 Å². The first-order valence-corrected chi connectivity index (χ1v) is 7.57. The molecule has 106 valence electrons. The van der Waals surface area contributed by atoms with Crippen molar-refractivity contribution in [2.75, 3.05) is 18.5 Å². The summed E-state index contributed by atoms with van der Waals surface area (Å²) in [6, 6.07) is 6.68. The molecule has 1 fully saturated rings. The summed E-state index contributed by atoms with van der Waals surface area (Å²) in [6.45, 7) is 5.39. The Hall–Kier alpha value is -1.02. The Morgan fingerprint density at radius 1 is 1.16 bits per heavy atom. The maximum atomic E-state index is 6.52. The molecule has 1 aliphatic carbocycles. The lowest BCUT2D eigenvalue weighted by molar-refractivity contribution is 0.280. The van der Waals surface area contributed by atoms with Crippen LogP contribution in [-0.4, -0.2) is 19.1 Å². The normalized spacial score (nSPS) is 18.3. The molecule has 1 aliphatic rings. The Morgan fingerprint density at radius 3 is 2.47 bits per heavy atom. The quantitative estimate of drug-likeness (QED) is 0.892. The van der Waals surface area contributed by atoms with Gasteiger partial charge in [0.15, 0.2) is 0 Å². The van der Waals surface area contributed by atoms with Gasteiger partial charge in [-0.15, -0.1) is 0 Å². The molecule has 0 saturated heterocycles. The number of hydrogen-bond acceptors (Lipinski definition) is 2. The first-order chi connectivity index (χ1) is 9.00. The fraction of sp³-hybridized carbons (Fsp3) is 0.647. The van der Waals surface area contributed by atoms with Gasteiger partial charge in [0.05, 0.1) is 0 Å². The van der Waals surface area contributed by atoms with E-state index in [0.717, 1.165) is 13.0 Å². The maximum absolute atomic E-state index is 6.52. The second kappa shape index (κ2) is 5.96. The number of hydrogen-bond donors (Lipinski definition) is 1. The van der Waals surface area contributed by atoms with E-state index in [-0.39, 0.29) is 5.54 Å². The SMILES string of the molecule is Cc1ccc(N(C)CCC2(N)CCCCC2)c(C)c1. The zero-order valence-electron chi connectivity index (χ0n) is 12.7. The molecule has 0 amide bonds. The highest BCUT2D eigenvalue weighted by atomic mass is 15.1. The number of nitrogens with zero attached hydrogens (tertiary/aromatic N) is 1. The fourth-order valence-electron chi connectivity index (χ4n) is 3.25. The van der Waals surface area contributed by atoms with Gasteiger partial charge in [-0.3, -0.25) is 0 Å². The zero-order chi connectivity index (χ0) is 13.9. The molecular weight excluding hydrogens is 232 g/mol. The minimum Gasteiger partial charge on any atom is -0.374 e. The molecule has 0 spiro atoms. The van der Waals surface area contributed by atoms with Crippen LogP contribution >= 0.6 is 0 Å². The Bertz CT molecular complexity index is 419. The van der Waals surface area contributed by atoms with Gasteiger partial charge in [-0.2, -0.15) is 0 Å². The van der Waals surface area contributed by atoms with Crippen molar-refractivity contribution in [2.24, 2.45) is 5.73 Å². The summed E-state index contributed by atoms with van der Waals surface area (Å²) in [4.78, 5) is 2.36. The molecule has 1 aromatic rings. The Labute approximate surface area is 118 Å². The van der Waals surface area contributed by atoms with Crippen molar-refractivity contribution in [2.45, 2.75) is 57.9 Å². The lowest BCUT2D eigenvalue weighted by atomic mass is 9.80. The minimum absolute atomic E-state index is 0.0884. The average molecular weight is 260 g/mol. The highest BCUT2D eigenvalue weighted by molar-refractivity contribution is 5.53. The second-order valence-electron chi connectivity index (χ2n) is 6.38. The number of benzene rings is 1. The van der Waals surface area contributed by atoms with Crippen LogP contribution in [-0.2, 0) is 0 Å². The van der Waals surface area contributed by atoms with Crippen molar-refractivity contribution in [1.29, 1.82) is 0 Å². The molecule has 1 saturated carbocycles. The molecule has 2 heteroatoms. The average Bonchev–Trinajstić information content (AvgIpc) is 2.37. The van der Waals surface area contributed by atoms with Gasteiger partial charge in [-0.25, -0.2) is 0 Å². The fourth-order valence-corrected chi connectivity index (χ4v) is 3.25. The van der Waals surface area contributed by atoms with Crippen LogP contribution in [0.2, 0.25) is 0 Å². The van der Waals surface area contributed by atoms with Crippen molar-refractivity contribution >= 4 is 5.69 Å². The third kappa shape index (κ3) is 3.73. The van der Waals surface area contributed by atoms with Crippen LogP contribution in [0, 0.1) is 13.8 Å². The topological polar surface area (TPSA) is 29.3 Å². The van der Waals surface area contributed by atoms with E-state index in [1.165, 1.54) is 48.9 Å². The van der Waals surface area contributed by atoms with Crippen molar-refractivity contribution in [3.63, 3.8) is 0 Å². The van der Waals surface area contributed by atoms with E-state index in [2.05, 4.69) is 44.0 Å². The lowest BCUT2D eigenvalue weighted by Gasteiger charge is -2.35. The Morgan fingerprint density at radius 2 is 1.84 bits per heavy atom. The molecule has 2 rings (SSSR count). The molecule has 0 atom stereocenters. The number of aryl methyl sites for hydroxylation is 2. The summed E-state index contributed by atoms with van der Waals surface area (Å²) in [6.07, 6.45) is 7.50. The van der Waals surface area contributed by atoms with E-state index in [1.54, 1.807) is 0 Å². The van der Waals surface area contributed by atoms with Crippen LogP contribution in [0.5, 0.6) is 0 Å². The highest BCUT2D eigenvalue weighted by Crippen LogP contribution is 2.29. The van der Waals surface area contributed by atoms with Gasteiger partial charge in [0.1, 0.15) is 0 Å². The monoisotopic (exact) mass is 260 g/mol. The van der Waals surface area contributed by atoms with E-state index >= 15 is 0 Å². The van der Waals surface area contributed by atoms with Crippen LogP contribution in [0.4, 0.5) is 5.69 Å². The van der Waals surface area contributed by atoms with Crippen LogP contribution in [0.3, 0.4) is 0 Å². The van der Waals surface area contributed by atoms with Gasteiger partial charge in [-0.05, 0) is 44.7 Å². The van der Waals surface area contributed by atoms with E-state index in [1.807, 2.05) is 0 Å². The van der Waals surface area contributed by atoms with Crippen molar-refractivity contribution in [3.8, 4) is 0 Å². The van der Waals surface area contributed by atoms with Crippen LogP contribution in [0.15, 0.2) is 18.2 Å². The first kappa shape index (κ1) is 14.4. The summed E-state index contributed by atoms with van der Waals surface area (Å²) in [5.41, 5.74) is 10.6. The third-order valence-electron chi connectivity index (χ3n) is 4.56. The van der Waals surface area contributed by atoms with Crippen molar-refractivity contribution in [1.82, 2.24) is 0 Å². The second-order valence-corrected chi connectivity index (χ2v) is 6.38. The molecule has 19 heavy (non-hydrogen) atoms. The summed E-state index contributed by atoms with van der Waals surface area (Å²) in [5, 5.41) is 0. The molecule has 2 nitrogen and oxygen atoms in total. The zero-order valence-corrected chi connectivity index (χ0v) is 12.7. The van der Waals surface area contributed by atoms with E-state index < -0.39 is 0 Å². The molecule has 0 bridgehead atoms. The van der Waals surface area contributed by atoms with Gasteiger partial charge in [0.25, 0.3) is 0 Å². The van der Waals surface area contributed by atoms with Crippen LogP contribution < -0.4 is 10.6 Å². The molecule has 2 N–H and O–H groups in total. The van der Waals surface area contributed by atoms with Gasteiger partial charge >= 0.3 is 0 Å². The minimum atomic E-state index is 0.0884. The molecule has 0 unspecified atom stereocenters. The van der Waals surface area contributed by atoms with Crippen LogP contribution in [0.25, 0.3) is 0 Å². The lowest BCUT2D eigenvalue weighted by Crippen LogP contribution is -2.44. The highest BCUT2D eigenvalue weighted by Gasteiger charge is 2.27. The summed E-state index contributed by atoms with van der Waals surface area (Å²) in [7, 11) is 2.18. The largest absolute Gasteiger partial charge is 0.374 e. The molecule has 0 radical (unpaired) electrons. The summed E-state index contributed by atoms with van der Waals surface area (Å²) in [5.74, 6) is 0. The van der Waals surface area contributed by atoms with Crippen molar-refractivity contribution in [3.05, 3.63) is 29.3 Å². The van der Waals surface area contributed by atoms with E-state index in [0.29, 0.717) is 0 Å². The molecule has 0 aromatic heterocycles. The maximum Gasteiger partial charge on any atom is 0.0393 e. The van der Waals surface area contributed by atoms with Crippen LogP contribution in [0.1, 0.15) is 49.7 Å². The summed E-state index contributed by atoms with van der Waals surface area (Å²) >= 11 is 0. The van der Waals surface area contributed by atoms with Gasteiger partial charge < -0.3 is 10.6 Å². The smallest absolute Gasteiger partial charge is 0.0393 e. The Kier molecular flexibility index (Phi) is 4.51. The predicted molar refractivity (Wildman–Crippen MR) is 83.8 cm³/mol.